The highest BCUT2D eigenvalue weighted by molar-refractivity contribution is 5.87. The molecule has 1 fully saturated rings. The Hall–Kier alpha value is -3.90. The van der Waals surface area contributed by atoms with Crippen molar-refractivity contribution in [2.24, 2.45) is 5.41 Å². The molecule has 3 unspecified atom stereocenters. The number of phenols is 1. The van der Waals surface area contributed by atoms with Crippen molar-refractivity contribution in [2.45, 2.75) is 71.3 Å². The van der Waals surface area contributed by atoms with Crippen LogP contribution < -0.4 is 23.7 Å². The van der Waals surface area contributed by atoms with Crippen molar-refractivity contribution < 1.29 is 48.2 Å². The van der Waals surface area contributed by atoms with Crippen molar-refractivity contribution in [1.29, 1.82) is 0 Å². The molecular weight excluding hydrogens is 584 g/mol. The standard InChI is InChI=1S/C33H44N2O10/c1-14-24(36)21-20(30(44-11)27(14)41-8)18(13-45-32(39)33(3,4)5)35-23(25(21)37)22-19-16(12-17(31(35)38)34(22)6)26(40-7)15(2)28(42-9)29(19)43-10/h17-18,22-23,25,36-37H,12-13H2,1-11H3/t17-,18-,22?,23?,25?/m0/s1. The first kappa shape index (κ1) is 32.5. The van der Waals surface area contributed by atoms with E-state index in [1.54, 1.807) is 53.9 Å². The zero-order valence-electron chi connectivity index (χ0n) is 27.9. The first-order valence-corrected chi connectivity index (χ1v) is 14.9. The Morgan fingerprint density at radius 1 is 0.844 bits per heavy atom. The molecular formula is C33H44N2O10. The van der Waals surface area contributed by atoms with Gasteiger partial charge in [-0.05, 0) is 41.7 Å². The Balaban J connectivity index is 1.84. The van der Waals surface area contributed by atoms with Crippen LogP contribution in [0, 0.1) is 19.3 Å². The number of hydrogen-bond acceptors (Lipinski definition) is 11. The minimum atomic E-state index is -1.39. The van der Waals surface area contributed by atoms with Gasteiger partial charge in [0.05, 0.1) is 65.1 Å². The molecule has 2 N–H and O–H groups in total. The second kappa shape index (κ2) is 11.5. The fraction of sp³-hybridized carbons (Fsp3) is 0.576. The molecule has 3 aliphatic heterocycles. The maximum atomic E-state index is 14.7. The molecule has 0 aliphatic carbocycles. The minimum Gasteiger partial charge on any atom is -0.507 e. The number of carbonyl (C=O) groups is 2. The lowest BCUT2D eigenvalue weighted by molar-refractivity contribution is -0.173. The predicted octanol–water partition coefficient (Wildman–Crippen LogP) is 3.54. The van der Waals surface area contributed by atoms with Crippen LogP contribution in [-0.2, 0) is 20.7 Å². The SMILES string of the molecule is COc1c(C)c(OC)c(OC)c2c1C[C@H]1C(=O)N3C(C(O)c4c(O)c(C)c(OC)c(OC)c4[C@@H]3COC(=O)C(C)(C)C)C2N1C. The second-order valence-electron chi connectivity index (χ2n) is 12.9. The Morgan fingerprint density at radius 2 is 1.38 bits per heavy atom. The summed E-state index contributed by atoms with van der Waals surface area (Å²) in [6.07, 6.45) is -1.09. The number of esters is 1. The van der Waals surface area contributed by atoms with Gasteiger partial charge in [0.1, 0.15) is 24.2 Å². The van der Waals surface area contributed by atoms with Crippen molar-refractivity contribution in [3.8, 4) is 34.5 Å². The van der Waals surface area contributed by atoms with Gasteiger partial charge in [0, 0.05) is 39.8 Å². The first-order valence-electron chi connectivity index (χ1n) is 14.9. The van der Waals surface area contributed by atoms with Crippen LogP contribution in [0.25, 0.3) is 0 Å². The maximum Gasteiger partial charge on any atom is 0.311 e. The van der Waals surface area contributed by atoms with E-state index in [9.17, 15) is 19.8 Å². The molecule has 12 heteroatoms. The molecule has 0 spiro atoms. The zero-order chi connectivity index (χ0) is 33.3. The highest BCUT2D eigenvalue weighted by atomic mass is 16.5. The fourth-order valence-electron chi connectivity index (χ4n) is 7.46. The molecule has 2 bridgehead atoms. The third-order valence-corrected chi connectivity index (χ3v) is 9.52. The average Bonchev–Trinajstić information content (AvgIpc) is 2.99. The number of nitrogens with zero attached hydrogens (tertiary/aromatic N) is 2. The molecule has 3 heterocycles. The van der Waals surface area contributed by atoms with Crippen LogP contribution in [0.1, 0.15) is 72.3 Å². The average molecular weight is 629 g/mol. The zero-order valence-corrected chi connectivity index (χ0v) is 27.9. The van der Waals surface area contributed by atoms with E-state index < -0.39 is 41.7 Å². The lowest BCUT2D eigenvalue weighted by Gasteiger charge is -2.58. The number of ether oxygens (including phenoxy) is 6. The van der Waals surface area contributed by atoms with E-state index in [0.717, 1.165) is 11.1 Å². The van der Waals surface area contributed by atoms with Gasteiger partial charge in [0.25, 0.3) is 0 Å². The quantitative estimate of drug-likeness (QED) is 0.436. The highest BCUT2D eigenvalue weighted by Crippen LogP contribution is 2.60. The monoisotopic (exact) mass is 628 g/mol. The van der Waals surface area contributed by atoms with E-state index in [4.69, 9.17) is 28.4 Å². The van der Waals surface area contributed by atoms with Crippen LogP contribution in [0.2, 0.25) is 0 Å². The number of fused-ring (bicyclic) bond motifs is 7. The van der Waals surface area contributed by atoms with E-state index in [1.165, 1.54) is 14.2 Å². The van der Waals surface area contributed by atoms with Crippen molar-refractivity contribution >= 4 is 11.9 Å². The fourth-order valence-corrected chi connectivity index (χ4v) is 7.46. The van der Waals surface area contributed by atoms with E-state index in [1.807, 2.05) is 18.9 Å². The van der Waals surface area contributed by atoms with Crippen LogP contribution in [0.15, 0.2) is 0 Å². The third kappa shape index (κ3) is 4.55. The molecule has 2 aromatic carbocycles. The summed E-state index contributed by atoms with van der Waals surface area (Å²) in [5.74, 6) is 1.09. The molecule has 246 valence electrons. The highest BCUT2D eigenvalue weighted by Gasteiger charge is 2.59. The van der Waals surface area contributed by atoms with Gasteiger partial charge in [0.2, 0.25) is 5.91 Å². The molecule has 3 aliphatic rings. The maximum absolute atomic E-state index is 14.7. The number of methoxy groups -OCH3 is 5. The summed E-state index contributed by atoms with van der Waals surface area (Å²) in [5, 5.41) is 24.0. The van der Waals surface area contributed by atoms with Gasteiger partial charge in [-0.2, -0.15) is 0 Å². The number of aliphatic hydroxyl groups is 1. The summed E-state index contributed by atoms with van der Waals surface area (Å²) in [6, 6.07) is -3.15. The summed E-state index contributed by atoms with van der Waals surface area (Å²) in [7, 11) is 9.41. The normalized spacial score (nSPS) is 23.9. The number of hydrogen-bond donors (Lipinski definition) is 2. The number of benzene rings is 2. The molecule has 12 nitrogen and oxygen atoms in total. The Kier molecular flexibility index (Phi) is 8.28. The van der Waals surface area contributed by atoms with Crippen LogP contribution in [-0.4, -0.2) is 93.2 Å². The Bertz CT molecular complexity index is 1550. The number of aromatic hydroxyl groups is 1. The van der Waals surface area contributed by atoms with Crippen LogP contribution in [0.5, 0.6) is 34.5 Å². The summed E-state index contributed by atoms with van der Waals surface area (Å²) in [6.45, 7) is 8.52. The summed E-state index contributed by atoms with van der Waals surface area (Å²) in [5.41, 5.74) is 2.28. The van der Waals surface area contributed by atoms with Gasteiger partial charge in [-0.15, -0.1) is 0 Å². The van der Waals surface area contributed by atoms with E-state index in [2.05, 4.69) is 0 Å². The van der Waals surface area contributed by atoms with Crippen molar-refractivity contribution in [3.05, 3.63) is 33.4 Å². The molecule has 0 aromatic heterocycles. The Labute approximate surface area is 263 Å². The summed E-state index contributed by atoms with van der Waals surface area (Å²) < 4.78 is 35.0. The smallest absolute Gasteiger partial charge is 0.311 e. The van der Waals surface area contributed by atoms with Gasteiger partial charge in [-0.1, -0.05) is 0 Å². The molecule has 2 aromatic rings. The molecule has 5 rings (SSSR count). The number of piperazine rings is 1. The van der Waals surface area contributed by atoms with E-state index in [-0.39, 0.29) is 35.3 Å². The van der Waals surface area contributed by atoms with Gasteiger partial charge in [-0.3, -0.25) is 14.5 Å². The number of carbonyl (C=O) groups excluding carboxylic acids is 2. The van der Waals surface area contributed by atoms with Crippen LogP contribution >= 0.6 is 0 Å². The first-order chi connectivity index (χ1) is 21.2. The molecule has 5 atom stereocenters. The molecule has 0 saturated carbocycles. The van der Waals surface area contributed by atoms with Gasteiger partial charge < -0.3 is 43.5 Å². The lowest BCUT2D eigenvalue weighted by Crippen LogP contribution is -2.68. The third-order valence-electron chi connectivity index (χ3n) is 9.52. The van der Waals surface area contributed by atoms with Crippen molar-refractivity contribution in [3.63, 3.8) is 0 Å². The number of phenolic OH excluding ortho intramolecular Hbond substituents is 1. The van der Waals surface area contributed by atoms with Gasteiger partial charge in [0.15, 0.2) is 23.0 Å². The summed E-state index contributed by atoms with van der Waals surface area (Å²) in [4.78, 5) is 31.2. The number of aliphatic hydroxyl groups excluding tert-OH is 1. The topological polar surface area (TPSA) is 136 Å². The molecule has 1 saturated heterocycles. The lowest BCUT2D eigenvalue weighted by atomic mass is 9.72. The number of amides is 1. The predicted molar refractivity (Wildman–Crippen MR) is 164 cm³/mol. The van der Waals surface area contributed by atoms with Crippen LogP contribution in [0.4, 0.5) is 0 Å². The Morgan fingerprint density at radius 3 is 1.91 bits per heavy atom. The van der Waals surface area contributed by atoms with Gasteiger partial charge >= 0.3 is 5.97 Å². The van der Waals surface area contributed by atoms with E-state index >= 15 is 0 Å². The van der Waals surface area contributed by atoms with E-state index in [0.29, 0.717) is 40.4 Å². The number of rotatable bonds is 7. The molecule has 0 radical (unpaired) electrons. The summed E-state index contributed by atoms with van der Waals surface area (Å²) >= 11 is 0. The molecule has 1 amide bonds. The van der Waals surface area contributed by atoms with Crippen molar-refractivity contribution in [1.82, 2.24) is 9.80 Å². The second-order valence-corrected chi connectivity index (χ2v) is 12.9. The van der Waals surface area contributed by atoms with Gasteiger partial charge in [-0.25, -0.2) is 0 Å². The molecule has 45 heavy (non-hydrogen) atoms. The van der Waals surface area contributed by atoms with Crippen LogP contribution in [0.3, 0.4) is 0 Å². The minimum absolute atomic E-state index is 0.181. The van der Waals surface area contributed by atoms with Crippen molar-refractivity contribution in [2.75, 3.05) is 49.2 Å². The largest absolute Gasteiger partial charge is 0.507 e. The number of likely N-dealkylation sites (N-methyl/N-ethyl adjacent to an activating group) is 1.